The van der Waals surface area contributed by atoms with Gasteiger partial charge in [-0.2, -0.15) is 0 Å². The fraction of sp³-hybridized carbons (Fsp3) is 0.348. The monoisotopic (exact) mass is 423 g/mol. The maximum absolute atomic E-state index is 13.1. The molecular weight excluding hydrogens is 398 g/mol. The first kappa shape index (κ1) is 20.7. The van der Waals surface area contributed by atoms with Crippen LogP contribution in [0.3, 0.4) is 0 Å². The van der Waals surface area contributed by atoms with Crippen molar-refractivity contribution in [2.24, 2.45) is 0 Å². The highest BCUT2D eigenvalue weighted by molar-refractivity contribution is 6.10. The highest BCUT2D eigenvalue weighted by Crippen LogP contribution is 2.34. The minimum atomic E-state index is -1.15. The third-order valence-corrected chi connectivity index (χ3v) is 5.65. The van der Waals surface area contributed by atoms with Crippen molar-refractivity contribution in [1.82, 2.24) is 10.2 Å². The van der Waals surface area contributed by atoms with Crippen molar-refractivity contribution in [2.45, 2.75) is 39.2 Å². The lowest BCUT2D eigenvalue weighted by Crippen LogP contribution is -2.46. The molecule has 2 aromatic rings. The smallest absolute Gasteiger partial charge is 0.325 e. The molecule has 8 heteroatoms. The summed E-state index contributed by atoms with van der Waals surface area (Å²) in [7, 11) is 0. The molecule has 2 heterocycles. The maximum atomic E-state index is 13.1. The molecule has 0 unspecified atom stereocenters. The van der Waals surface area contributed by atoms with E-state index in [2.05, 4.69) is 10.6 Å². The topological polar surface area (TPSA) is 97.0 Å². The number of nitrogens with zero attached hydrogens (tertiary/aromatic N) is 1. The Kier molecular flexibility index (Phi) is 5.31. The van der Waals surface area contributed by atoms with Crippen molar-refractivity contribution in [1.29, 1.82) is 0 Å². The summed E-state index contributed by atoms with van der Waals surface area (Å²) in [5.41, 5.74) is 2.32. The second-order valence-corrected chi connectivity index (χ2v) is 8.03. The van der Waals surface area contributed by atoms with Gasteiger partial charge in [0, 0.05) is 12.1 Å². The van der Waals surface area contributed by atoms with Crippen LogP contribution in [-0.4, -0.2) is 41.6 Å². The van der Waals surface area contributed by atoms with Gasteiger partial charge in [-0.05, 0) is 49.1 Å². The minimum absolute atomic E-state index is 0.162. The molecule has 31 heavy (non-hydrogen) atoms. The van der Waals surface area contributed by atoms with Crippen LogP contribution in [0.4, 0.5) is 10.5 Å². The zero-order valence-electron chi connectivity index (χ0n) is 17.8. The van der Waals surface area contributed by atoms with E-state index in [4.69, 9.17) is 9.47 Å². The Balaban J connectivity index is 1.46. The molecule has 4 rings (SSSR count). The molecule has 0 spiro atoms. The second-order valence-electron chi connectivity index (χ2n) is 8.03. The molecule has 0 saturated carbocycles. The van der Waals surface area contributed by atoms with Crippen molar-refractivity contribution in [3.63, 3.8) is 0 Å². The van der Waals surface area contributed by atoms with E-state index in [1.165, 1.54) is 0 Å². The van der Waals surface area contributed by atoms with Crippen molar-refractivity contribution in [3.8, 4) is 11.5 Å². The average molecular weight is 423 g/mol. The first-order valence-electron chi connectivity index (χ1n) is 10.2. The Labute approximate surface area is 180 Å². The number of anilines is 1. The maximum Gasteiger partial charge on any atom is 0.325 e. The number of fused-ring (bicyclic) bond motifs is 1. The van der Waals surface area contributed by atoms with Gasteiger partial charge < -0.3 is 20.1 Å². The summed E-state index contributed by atoms with van der Waals surface area (Å²) in [6.07, 6.45) is 1.03. The van der Waals surface area contributed by atoms with E-state index in [1.54, 1.807) is 19.1 Å². The summed E-state index contributed by atoms with van der Waals surface area (Å²) in [6.45, 7) is 5.38. The van der Waals surface area contributed by atoms with Gasteiger partial charge in [0.25, 0.3) is 5.91 Å². The Hall–Kier alpha value is -3.55. The van der Waals surface area contributed by atoms with Crippen LogP contribution in [0.5, 0.6) is 11.5 Å². The number of benzene rings is 2. The van der Waals surface area contributed by atoms with Gasteiger partial charge >= 0.3 is 6.03 Å². The van der Waals surface area contributed by atoms with E-state index >= 15 is 0 Å². The molecule has 0 aromatic heterocycles. The van der Waals surface area contributed by atoms with Gasteiger partial charge in [-0.25, -0.2) is 4.79 Å². The van der Waals surface area contributed by atoms with Gasteiger partial charge in [-0.3, -0.25) is 14.5 Å². The largest absolute Gasteiger partial charge is 0.454 e. The van der Waals surface area contributed by atoms with Gasteiger partial charge in [0.2, 0.25) is 12.7 Å². The molecule has 0 radical (unpaired) electrons. The quantitative estimate of drug-likeness (QED) is 0.697. The number of imide groups is 1. The number of rotatable bonds is 6. The van der Waals surface area contributed by atoms with Crippen molar-refractivity contribution >= 4 is 23.5 Å². The van der Waals surface area contributed by atoms with Crippen molar-refractivity contribution in [3.05, 3.63) is 53.1 Å². The minimum Gasteiger partial charge on any atom is -0.454 e. The van der Waals surface area contributed by atoms with Crippen LogP contribution in [0.25, 0.3) is 0 Å². The lowest BCUT2D eigenvalue weighted by Gasteiger charge is -2.22. The van der Waals surface area contributed by atoms with Crippen LogP contribution < -0.4 is 20.1 Å². The molecule has 162 valence electrons. The molecule has 2 aliphatic heterocycles. The molecule has 0 bridgehead atoms. The number of amides is 4. The molecule has 8 nitrogen and oxygen atoms in total. The summed E-state index contributed by atoms with van der Waals surface area (Å²) in [5, 5.41) is 5.59. The van der Waals surface area contributed by atoms with E-state index in [-0.39, 0.29) is 19.8 Å². The van der Waals surface area contributed by atoms with Crippen LogP contribution in [0.1, 0.15) is 30.5 Å². The predicted octanol–water partition coefficient (Wildman–Crippen LogP) is 2.78. The Bertz CT molecular complexity index is 1070. The van der Waals surface area contributed by atoms with Crippen LogP contribution in [-0.2, 0) is 22.4 Å². The Morgan fingerprint density at radius 1 is 1.19 bits per heavy atom. The number of carbonyl (C=O) groups is 3. The van der Waals surface area contributed by atoms with E-state index in [1.807, 2.05) is 38.1 Å². The van der Waals surface area contributed by atoms with Crippen molar-refractivity contribution in [2.75, 3.05) is 18.7 Å². The number of hydrogen-bond acceptors (Lipinski definition) is 5. The molecule has 4 amide bonds. The van der Waals surface area contributed by atoms with Gasteiger partial charge in [-0.15, -0.1) is 0 Å². The zero-order valence-corrected chi connectivity index (χ0v) is 17.8. The Morgan fingerprint density at radius 2 is 1.97 bits per heavy atom. The number of para-hydroxylation sites is 1. The predicted molar refractivity (Wildman–Crippen MR) is 114 cm³/mol. The molecule has 0 aliphatic carbocycles. The first-order chi connectivity index (χ1) is 14.8. The molecular formula is C23H25N3O5. The van der Waals surface area contributed by atoms with Gasteiger partial charge in [0.1, 0.15) is 12.1 Å². The summed E-state index contributed by atoms with van der Waals surface area (Å²) in [5.74, 6) is 0.404. The summed E-state index contributed by atoms with van der Waals surface area (Å²) >= 11 is 0. The van der Waals surface area contributed by atoms with E-state index < -0.39 is 23.4 Å². The van der Waals surface area contributed by atoms with Crippen LogP contribution in [0.15, 0.2) is 36.4 Å². The summed E-state index contributed by atoms with van der Waals surface area (Å²) < 4.78 is 10.7. The fourth-order valence-corrected chi connectivity index (χ4v) is 3.99. The molecule has 2 aromatic carbocycles. The Morgan fingerprint density at radius 3 is 2.74 bits per heavy atom. The highest BCUT2D eigenvalue weighted by Gasteiger charge is 2.48. The SMILES string of the molecule is CCc1cccc(C)c1NC(=O)CN1C(=O)N[C@](C)(Cc2ccc3c(c2)OCO3)C1=O. The van der Waals surface area contributed by atoms with E-state index in [0.717, 1.165) is 33.7 Å². The third-order valence-electron chi connectivity index (χ3n) is 5.65. The number of hydrogen-bond donors (Lipinski definition) is 2. The van der Waals surface area contributed by atoms with Gasteiger partial charge in [-0.1, -0.05) is 31.2 Å². The third kappa shape index (κ3) is 3.93. The van der Waals surface area contributed by atoms with Crippen molar-refractivity contribution < 1.29 is 23.9 Å². The highest BCUT2D eigenvalue weighted by atomic mass is 16.7. The van der Waals surface area contributed by atoms with Gasteiger partial charge in [0.05, 0.1) is 0 Å². The lowest BCUT2D eigenvalue weighted by molar-refractivity contribution is -0.133. The molecule has 2 N–H and O–H groups in total. The first-order valence-corrected chi connectivity index (χ1v) is 10.2. The molecule has 2 aliphatic rings. The normalized spacial score (nSPS) is 19.5. The molecule has 1 fully saturated rings. The summed E-state index contributed by atoms with van der Waals surface area (Å²) in [4.78, 5) is 39.2. The number of urea groups is 1. The second kappa shape index (κ2) is 7.94. The summed E-state index contributed by atoms with van der Waals surface area (Å²) in [6, 6.07) is 10.6. The number of nitrogens with one attached hydrogen (secondary N) is 2. The van der Waals surface area contributed by atoms with Crippen LogP contribution >= 0.6 is 0 Å². The lowest BCUT2D eigenvalue weighted by atomic mass is 9.92. The standard InChI is InChI=1S/C23H25N3O5/c1-4-16-7-5-6-14(2)20(16)24-19(27)12-26-21(28)23(3,25-22(26)29)11-15-8-9-17-18(10-15)31-13-30-17/h5-10H,4,11-13H2,1-3H3,(H,24,27)(H,25,29)/t23-/m1/s1. The number of ether oxygens (including phenoxy) is 2. The van der Waals surface area contributed by atoms with E-state index in [9.17, 15) is 14.4 Å². The number of aryl methyl sites for hydroxylation is 2. The fourth-order valence-electron chi connectivity index (χ4n) is 3.99. The van der Waals surface area contributed by atoms with Crippen LogP contribution in [0.2, 0.25) is 0 Å². The number of carbonyl (C=O) groups excluding carboxylic acids is 3. The molecule has 1 saturated heterocycles. The average Bonchev–Trinajstić information content (AvgIpc) is 3.27. The van der Waals surface area contributed by atoms with Gasteiger partial charge in [0.15, 0.2) is 11.5 Å². The van der Waals surface area contributed by atoms with E-state index in [0.29, 0.717) is 11.5 Å². The molecule has 1 atom stereocenters. The zero-order chi connectivity index (χ0) is 22.2. The van der Waals surface area contributed by atoms with Crippen LogP contribution in [0, 0.1) is 6.92 Å².